The molecule has 0 aromatic heterocycles. The van der Waals surface area contributed by atoms with Gasteiger partial charge in [-0.05, 0) is 74.0 Å². The fraction of sp³-hybridized carbons (Fsp3) is 0.897. The van der Waals surface area contributed by atoms with Crippen molar-refractivity contribution in [2.75, 3.05) is 13.2 Å². The van der Waals surface area contributed by atoms with E-state index in [4.69, 9.17) is 38.2 Å². The van der Waals surface area contributed by atoms with E-state index in [1.54, 1.807) is 0 Å². The molecule has 0 unspecified atom stereocenters. The molecule has 0 radical (unpaired) electrons. The van der Waals surface area contributed by atoms with Crippen LogP contribution in [0.2, 0.25) is 0 Å². The van der Waals surface area contributed by atoms with Gasteiger partial charge in [0.1, 0.15) is 53.9 Å². The summed E-state index contributed by atoms with van der Waals surface area (Å²) < 4.78 is 37.5. The van der Waals surface area contributed by atoms with E-state index < -0.39 is 96.5 Å². The normalized spacial score (nSPS) is 59.9. The highest BCUT2D eigenvalue weighted by molar-refractivity contribution is 5.48. The molecule has 6 N–H and O–H groups in total. The van der Waals surface area contributed by atoms with Gasteiger partial charge in [-0.25, -0.2) is 9.78 Å². The third-order valence-corrected chi connectivity index (χ3v) is 15.5. The van der Waals surface area contributed by atoms with Crippen molar-refractivity contribution < 1.29 is 68.8 Å². The van der Waals surface area contributed by atoms with E-state index in [-0.39, 0.29) is 23.4 Å². The number of hydrogen-bond acceptors (Lipinski definition) is 14. The standard InChI is InChI=1S/C39H58O14/c1-18-6-11-39(46-17-18)19(2)26-22(51-39)14-25-35(26,4)9-8-24-36(5)10-7-21(15-37(36)12-13-38(24,25)53-52-37)48-34-32(30(44)28(42)23(16-40)49-34)50-33-31(45)29(43)27(41)20(3)47-33/h8,12-13,18-23,25-34,40-45H,6-7,9-11,14-17H2,1-5H3/t18-,19+,20+,21+,22+,23-,25-,26+,27+,28-,29-,30+,31-,32-,33+,34-,35+,36-,37-,38-,39-/m1/s1. The van der Waals surface area contributed by atoms with E-state index in [0.717, 1.165) is 32.3 Å². The number of ether oxygens (including phenoxy) is 6. The molecule has 0 aromatic rings. The Kier molecular flexibility index (Phi) is 8.99. The Morgan fingerprint density at radius 1 is 0.849 bits per heavy atom. The second-order valence-electron chi connectivity index (χ2n) is 18.4. The predicted octanol–water partition coefficient (Wildman–Crippen LogP) is 1.37. The quantitative estimate of drug-likeness (QED) is 0.174. The molecule has 5 saturated heterocycles. The highest BCUT2D eigenvalue weighted by atomic mass is 17.2. The van der Waals surface area contributed by atoms with Gasteiger partial charge < -0.3 is 59.1 Å². The first-order chi connectivity index (χ1) is 25.1. The minimum absolute atomic E-state index is 0.0747. The van der Waals surface area contributed by atoms with Crippen LogP contribution in [0.25, 0.3) is 0 Å². The molecular weight excluding hydrogens is 692 g/mol. The van der Waals surface area contributed by atoms with E-state index in [1.165, 1.54) is 12.5 Å². The average molecular weight is 751 g/mol. The third kappa shape index (κ3) is 5.14. The number of aliphatic hydroxyl groups is 6. The van der Waals surface area contributed by atoms with E-state index in [2.05, 4.69) is 45.9 Å². The molecule has 2 saturated carbocycles. The molecular formula is C39H58O14. The van der Waals surface area contributed by atoms with Crippen LogP contribution in [0.5, 0.6) is 0 Å². The molecule has 10 rings (SSSR count). The Bertz CT molecular complexity index is 1480. The summed E-state index contributed by atoms with van der Waals surface area (Å²) >= 11 is 0. The zero-order chi connectivity index (χ0) is 37.5. The van der Waals surface area contributed by atoms with Crippen LogP contribution < -0.4 is 0 Å². The zero-order valence-electron chi connectivity index (χ0n) is 31.3. The van der Waals surface area contributed by atoms with Crippen molar-refractivity contribution in [1.29, 1.82) is 0 Å². The van der Waals surface area contributed by atoms with Crippen LogP contribution >= 0.6 is 0 Å². The molecule has 0 amide bonds. The maximum Gasteiger partial charge on any atom is 0.187 e. The lowest BCUT2D eigenvalue weighted by molar-refractivity contribution is -0.458. The van der Waals surface area contributed by atoms with Crippen LogP contribution in [-0.4, -0.2) is 134 Å². The van der Waals surface area contributed by atoms with Crippen LogP contribution in [-0.2, 0) is 38.2 Å². The van der Waals surface area contributed by atoms with Gasteiger partial charge in [0.25, 0.3) is 0 Å². The molecule has 14 heteroatoms. The monoisotopic (exact) mass is 750 g/mol. The SMILES string of the molecule is C[C@@H]1CC[C@@]2(OC1)O[C@H]1C[C@@H]3[C@](C)(CC=C4[C@]35C=C[C@]3(C[C@@H](O[C@@H]6O[C@H](CO)[C@@H](O)[C@H](O)[C@H]6O[C@@H]6O[C@@H](C)[C@H](O)[C@@H](O)[C@H]6O)CC[C@]43C)OO5)[C@H]1[C@@H]2C. The van der Waals surface area contributed by atoms with Crippen molar-refractivity contribution in [1.82, 2.24) is 0 Å². The van der Waals surface area contributed by atoms with Gasteiger partial charge >= 0.3 is 0 Å². The maximum absolute atomic E-state index is 11.2. The number of hydrogen-bond donors (Lipinski definition) is 6. The predicted molar refractivity (Wildman–Crippen MR) is 182 cm³/mol. The Hall–Kier alpha value is -1.08. The number of aliphatic hydroxyl groups excluding tert-OH is 6. The van der Waals surface area contributed by atoms with E-state index >= 15 is 0 Å². The number of rotatable bonds is 5. The summed E-state index contributed by atoms with van der Waals surface area (Å²) in [5.41, 5.74) is -0.791. The Morgan fingerprint density at radius 3 is 2.34 bits per heavy atom. The summed E-state index contributed by atoms with van der Waals surface area (Å²) in [6.07, 6.45) is -2.00. The Balaban J connectivity index is 0.950. The van der Waals surface area contributed by atoms with Gasteiger partial charge in [-0.2, -0.15) is 0 Å². The first-order valence-electron chi connectivity index (χ1n) is 19.9. The molecule has 7 fully saturated rings. The molecule has 53 heavy (non-hydrogen) atoms. The van der Waals surface area contributed by atoms with Gasteiger partial charge in [0.05, 0.1) is 31.5 Å². The zero-order valence-corrected chi connectivity index (χ0v) is 31.3. The van der Waals surface area contributed by atoms with E-state index in [9.17, 15) is 30.6 Å². The summed E-state index contributed by atoms with van der Waals surface area (Å²) in [5.74, 6) is 0.779. The van der Waals surface area contributed by atoms with Crippen molar-refractivity contribution in [3.05, 3.63) is 23.8 Å². The van der Waals surface area contributed by atoms with Crippen molar-refractivity contribution in [3.8, 4) is 0 Å². The van der Waals surface area contributed by atoms with Crippen LogP contribution in [0.4, 0.5) is 0 Å². The molecule has 6 heterocycles. The van der Waals surface area contributed by atoms with Crippen LogP contribution in [0.1, 0.15) is 79.6 Å². The summed E-state index contributed by atoms with van der Waals surface area (Å²) in [4.78, 5) is 13.2. The molecule has 6 aliphatic heterocycles. The lowest BCUT2D eigenvalue weighted by Gasteiger charge is -2.66. The highest BCUT2D eigenvalue weighted by Crippen LogP contribution is 2.73. The summed E-state index contributed by atoms with van der Waals surface area (Å²) in [6, 6.07) is 0. The highest BCUT2D eigenvalue weighted by Gasteiger charge is 2.75. The van der Waals surface area contributed by atoms with Crippen molar-refractivity contribution in [2.45, 2.75) is 170 Å². The first kappa shape index (κ1) is 37.5. The van der Waals surface area contributed by atoms with Crippen molar-refractivity contribution in [2.24, 2.45) is 34.5 Å². The van der Waals surface area contributed by atoms with Crippen molar-refractivity contribution in [3.63, 3.8) is 0 Å². The molecule has 14 nitrogen and oxygen atoms in total. The minimum atomic E-state index is -1.65. The summed E-state index contributed by atoms with van der Waals surface area (Å²) in [6.45, 7) is 10.9. The average Bonchev–Trinajstić information content (AvgIpc) is 3.59. The summed E-state index contributed by atoms with van der Waals surface area (Å²) in [7, 11) is 0. The molecule has 3 spiro atoms. The maximum atomic E-state index is 11.2. The lowest BCUT2D eigenvalue weighted by atomic mass is 9.46. The van der Waals surface area contributed by atoms with E-state index in [0.29, 0.717) is 31.1 Å². The molecule has 0 aromatic carbocycles. The van der Waals surface area contributed by atoms with Gasteiger partial charge in [-0.3, -0.25) is 0 Å². The fourth-order valence-electron chi connectivity index (χ4n) is 12.3. The van der Waals surface area contributed by atoms with Crippen LogP contribution in [0, 0.1) is 34.5 Å². The van der Waals surface area contributed by atoms with Crippen LogP contribution in [0.3, 0.4) is 0 Å². The molecule has 10 aliphatic rings. The Labute approximate surface area is 310 Å². The molecule has 298 valence electrons. The fourth-order valence-corrected chi connectivity index (χ4v) is 12.3. The van der Waals surface area contributed by atoms with Crippen LogP contribution in [0.15, 0.2) is 23.8 Å². The van der Waals surface area contributed by atoms with Gasteiger partial charge in [-0.15, -0.1) is 0 Å². The van der Waals surface area contributed by atoms with Gasteiger partial charge in [0.15, 0.2) is 18.4 Å². The second kappa shape index (κ2) is 12.7. The number of fused-ring (bicyclic) bond motifs is 4. The number of allylic oxidation sites excluding steroid dienone is 1. The lowest BCUT2D eigenvalue weighted by Crippen LogP contribution is -2.70. The van der Waals surface area contributed by atoms with Gasteiger partial charge in [0.2, 0.25) is 0 Å². The van der Waals surface area contributed by atoms with Gasteiger partial charge in [0, 0.05) is 30.1 Å². The second-order valence-corrected chi connectivity index (χ2v) is 18.4. The van der Waals surface area contributed by atoms with Gasteiger partial charge in [-0.1, -0.05) is 33.8 Å². The smallest absolute Gasteiger partial charge is 0.187 e. The minimum Gasteiger partial charge on any atom is -0.394 e. The largest absolute Gasteiger partial charge is 0.394 e. The third-order valence-electron chi connectivity index (χ3n) is 15.5. The molecule has 2 bridgehead atoms. The molecule has 4 aliphatic carbocycles. The first-order valence-corrected chi connectivity index (χ1v) is 19.9. The summed E-state index contributed by atoms with van der Waals surface area (Å²) in [5, 5.41) is 63.1. The topological polar surface area (TPSA) is 195 Å². The molecule has 21 atom stereocenters. The Morgan fingerprint density at radius 2 is 1.64 bits per heavy atom. The van der Waals surface area contributed by atoms with E-state index in [1.807, 2.05) is 0 Å². The van der Waals surface area contributed by atoms with Crippen molar-refractivity contribution >= 4 is 0 Å².